The van der Waals surface area contributed by atoms with Crippen molar-refractivity contribution >= 4 is 35.0 Å². The van der Waals surface area contributed by atoms with Gasteiger partial charge in [0.25, 0.3) is 0 Å². The summed E-state index contributed by atoms with van der Waals surface area (Å²) in [6, 6.07) is 24.0. The Bertz CT molecular complexity index is 1070. The van der Waals surface area contributed by atoms with Gasteiger partial charge in [0.15, 0.2) is 0 Å². The number of carbonyl (C=O) groups excluding carboxylic acids is 2. The Balaban J connectivity index is 1.89. The number of benzene rings is 3. The van der Waals surface area contributed by atoms with Gasteiger partial charge in [0.05, 0.1) is 0 Å². The Kier molecular flexibility index (Phi) is 8.93. The first-order chi connectivity index (χ1) is 15.8. The highest BCUT2D eigenvalue weighted by atomic mass is 35.5. The molecule has 0 heterocycles. The third kappa shape index (κ3) is 7.08. The van der Waals surface area contributed by atoms with E-state index in [4.69, 9.17) is 23.2 Å². The minimum absolute atomic E-state index is 0.0699. The molecule has 0 aromatic heterocycles. The lowest BCUT2D eigenvalue weighted by Gasteiger charge is -2.33. The highest BCUT2D eigenvalue weighted by Gasteiger charge is 2.31. The van der Waals surface area contributed by atoms with Crippen LogP contribution in [0.1, 0.15) is 30.5 Å². The minimum atomic E-state index is -0.673. The molecule has 6 heteroatoms. The molecule has 1 atom stereocenters. The summed E-state index contributed by atoms with van der Waals surface area (Å²) in [6.45, 7) is 4.30. The van der Waals surface area contributed by atoms with Gasteiger partial charge in [-0.05, 0) is 28.8 Å². The Morgan fingerprint density at radius 3 is 2.06 bits per heavy atom. The first-order valence-corrected chi connectivity index (χ1v) is 11.7. The zero-order valence-corrected chi connectivity index (χ0v) is 20.3. The maximum absolute atomic E-state index is 13.5. The van der Waals surface area contributed by atoms with Gasteiger partial charge in [-0.2, -0.15) is 0 Å². The van der Waals surface area contributed by atoms with Gasteiger partial charge in [0.1, 0.15) is 6.04 Å². The Hall–Kier alpha value is -2.82. The van der Waals surface area contributed by atoms with E-state index in [1.165, 1.54) is 0 Å². The summed E-state index contributed by atoms with van der Waals surface area (Å²) in [5, 5.41) is 4.00. The highest BCUT2D eigenvalue weighted by Crippen LogP contribution is 2.21. The molecule has 1 N–H and O–H groups in total. The molecule has 0 unspecified atom stereocenters. The topological polar surface area (TPSA) is 49.4 Å². The lowest BCUT2D eigenvalue weighted by molar-refractivity contribution is -0.143. The molecular formula is C27H28Cl2N2O2. The van der Waals surface area contributed by atoms with Crippen molar-refractivity contribution in [2.24, 2.45) is 5.92 Å². The second-order valence-electron chi connectivity index (χ2n) is 8.27. The standard InChI is InChI=1S/C27H28Cl2N2O2/c1-19(2)27(33)31(18-21-11-7-4-8-12-21)25(15-20-9-5-3-6-10-20)26(32)30-17-22-13-14-23(28)16-24(22)29/h3-14,16,19,25H,15,17-18H2,1-2H3,(H,30,32)/t25-/m1/s1. The van der Waals surface area contributed by atoms with Crippen molar-refractivity contribution < 1.29 is 9.59 Å². The summed E-state index contributed by atoms with van der Waals surface area (Å²) >= 11 is 12.3. The lowest BCUT2D eigenvalue weighted by Crippen LogP contribution is -2.51. The number of hydrogen-bond acceptors (Lipinski definition) is 2. The van der Waals surface area contributed by atoms with Gasteiger partial charge in [-0.3, -0.25) is 9.59 Å². The zero-order valence-electron chi connectivity index (χ0n) is 18.8. The van der Waals surface area contributed by atoms with E-state index in [0.717, 1.165) is 16.7 Å². The summed E-state index contributed by atoms with van der Waals surface area (Å²) in [4.78, 5) is 28.4. The van der Waals surface area contributed by atoms with E-state index >= 15 is 0 Å². The third-order valence-corrected chi connectivity index (χ3v) is 5.98. The van der Waals surface area contributed by atoms with E-state index in [1.54, 1.807) is 23.1 Å². The van der Waals surface area contributed by atoms with Crippen LogP contribution in [0.15, 0.2) is 78.9 Å². The fourth-order valence-electron chi connectivity index (χ4n) is 3.60. The molecule has 0 spiro atoms. The number of nitrogens with one attached hydrogen (secondary N) is 1. The van der Waals surface area contributed by atoms with E-state index in [-0.39, 0.29) is 24.3 Å². The first kappa shape index (κ1) is 24.8. The van der Waals surface area contributed by atoms with Crippen LogP contribution in [0.2, 0.25) is 10.0 Å². The zero-order chi connectivity index (χ0) is 23.8. The maximum atomic E-state index is 13.5. The van der Waals surface area contributed by atoms with Crippen LogP contribution in [-0.4, -0.2) is 22.8 Å². The number of amides is 2. The number of rotatable bonds is 9. The number of halogens is 2. The second kappa shape index (κ2) is 11.9. The largest absolute Gasteiger partial charge is 0.350 e. The lowest BCUT2D eigenvalue weighted by atomic mass is 10.0. The van der Waals surface area contributed by atoms with Gasteiger partial charge >= 0.3 is 0 Å². The van der Waals surface area contributed by atoms with Gasteiger partial charge < -0.3 is 10.2 Å². The smallest absolute Gasteiger partial charge is 0.243 e. The summed E-state index contributed by atoms with van der Waals surface area (Å²) in [6.07, 6.45) is 0.409. The normalized spacial score (nSPS) is 11.8. The average molecular weight is 483 g/mol. The van der Waals surface area contributed by atoms with Crippen LogP contribution in [-0.2, 0) is 29.1 Å². The summed E-state index contributed by atoms with van der Waals surface area (Å²) in [5.74, 6) is -0.542. The highest BCUT2D eigenvalue weighted by molar-refractivity contribution is 6.35. The minimum Gasteiger partial charge on any atom is -0.350 e. The van der Waals surface area contributed by atoms with E-state index in [0.29, 0.717) is 23.0 Å². The van der Waals surface area contributed by atoms with E-state index < -0.39 is 6.04 Å². The van der Waals surface area contributed by atoms with Crippen LogP contribution in [0.25, 0.3) is 0 Å². The van der Waals surface area contributed by atoms with Crippen molar-refractivity contribution in [3.63, 3.8) is 0 Å². The molecule has 4 nitrogen and oxygen atoms in total. The summed E-state index contributed by atoms with van der Waals surface area (Å²) in [5.41, 5.74) is 2.72. The molecule has 33 heavy (non-hydrogen) atoms. The van der Waals surface area contributed by atoms with Crippen molar-refractivity contribution in [3.05, 3.63) is 106 Å². The molecule has 3 aromatic carbocycles. The van der Waals surface area contributed by atoms with E-state index in [2.05, 4.69) is 5.32 Å². The molecule has 172 valence electrons. The van der Waals surface area contributed by atoms with Gasteiger partial charge in [-0.1, -0.05) is 104 Å². The van der Waals surface area contributed by atoms with Gasteiger partial charge in [0.2, 0.25) is 11.8 Å². The fourth-order valence-corrected chi connectivity index (χ4v) is 4.08. The van der Waals surface area contributed by atoms with Crippen molar-refractivity contribution in [2.75, 3.05) is 0 Å². The molecule has 0 aliphatic carbocycles. The third-order valence-electron chi connectivity index (χ3n) is 5.39. The second-order valence-corrected chi connectivity index (χ2v) is 9.11. The molecule has 0 bridgehead atoms. The Morgan fingerprint density at radius 1 is 0.879 bits per heavy atom. The molecule has 0 aliphatic rings. The van der Waals surface area contributed by atoms with Crippen LogP contribution in [0.3, 0.4) is 0 Å². The van der Waals surface area contributed by atoms with Crippen molar-refractivity contribution in [1.29, 1.82) is 0 Å². The molecule has 0 fully saturated rings. The molecular weight excluding hydrogens is 455 g/mol. The summed E-state index contributed by atoms with van der Waals surface area (Å²) in [7, 11) is 0. The van der Waals surface area contributed by atoms with Crippen LogP contribution >= 0.6 is 23.2 Å². The molecule has 0 saturated carbocycles. The Morgan fingerprint density at radius 2 is 1.48 bits per heavy atom. The molecule has 0 aliphatic heterocycles. The molecule has 2 amide bonds. The van der Waals surface area contributed by atoms with Crippen molar-refractivity contribution in [3.8, 4) is 0 Å². The molecule has 3 rings (SSSR count). The van der Waals surface area contributed by atoms with Crippen LogP contribution in [0, 0.1) is 5.92 Å². The SMILES string of the molecule is CC(C)C(=O)N(Cc1ccccc1)[C@H](Cc1ccccc1)C(=O)NCc1ccc(Cl)cc1Cl. The Labute approximate surface area is 205 Å². The first-order valence-electron chi connectivity index (χ1n) is 10.9. The van der Waals surface area contributed by atoms with Crippen molar-refractivity contribution in [1.82, 2.24) is 10.2 Å². The monoisotopic (exact) mass is 482 g/mol. The predicted molar refractivity (Wildman–Crippen MR) is 134 cm³/mol. The van der Waals surface area contributed by atoms with Crippen LogP contribution < -0.4 is 5.32 Å². The molecule has 0 radical (unpaired) electrons. The van der Waals surface area contributed by atoms with Crippen LogP contribution in [0.5, 0.6) is 0 Å². The quantitative estimate of drug-likeness (QED) is 0.412. The van der Waals surface area contributed by atoms with E-state index in [9.17, 15) is 9.59 Å². The number of carbonyl (C=O) groups is 2. The van der Waals surface area contributed by atoms with Gasteiger partial charge in [-0.15, -0.1) is 0 Å². The average Bonchev–Trinajstić information content (AvgIpc) is 2.81. The van der Waals surface area contributed by atoms with Gasteiger partial charge in [0, 0.05) is 35.5 Å². The molecule has 3 aromatic rings. The van der Waals surface area contributed by atoms with Crippen LogP contribution in [0.4, 0.5) is 0 Å². The van der Waals surface area contributed by atoms with E-state index in [1.807, 2.05) is 74.5 Å². The number of hydrogen-bond donors (Lipinski definition) is 1. The molecule has 0 saturated heterocycles. The number of nitrogens with zero attached hydrogens (tertiary/aromatic N) is 1. The van der Waals surface area contributed by atoms with Crippen molar-refractivity contribution in [2.45, 2.75) is 39.4 Å². The predicted octanol–water partition coefficient (Wildman–Crippen LogP) is 5.91. The maximum Gasteiger partial charge on any atom is 0.243 e. The van der Waals surface area contributed by atoms with Gasteiger partial charge in [-0.25, -0.2) is 0 Å². The fraction of sp³-hybridized carbons (Fsp3) is 0.259. The summed E-state index contributed by atoms with van der Waals surface area (Å²) < 4.78 is 0.